The predicted octanol–water partition coefficient (Wildman–Crippen LogP) is 14.8. The lowest BCUT2D eigenvalue weighted by Gasteiger charge is -2.17. The second-order valence-electron chi connectivity index (χ2n) is 14.0. The van der Waals surface area contributed by atoms with E-state index in [2.05, 4.69) is 194 Å². The highest BCUT2D eigenvalue weighted by atomic mass is 16.3. The Morgan fingerprint density at radius 1 is 0.245 bits per heavy atom. The van der Waals surface area contributed by atoms with E-state index in [1.165, 1.54) is 65.7 Å². The van der Waals surface area contributed by atoms with Crippen LogP contribution in [0.5, 0.6) is 0 Å². The van der Waals surface area contributed by atoms with Crippen molar-refractivity contribution >= 4 is 54.3 Å². The van der Waals surface area contributed by atoms with Gasteiger partial charge < -0.3 is 4.42 Å². The number of furan rings is 1. The van der Waals surface area contributed by atoms with E-state index in [1.54, 1.807) is 0 Å². The van der Waals surface area contributed by atoms with Crippen LogP contribution in [-0.4, -0.2) is 0 Å². The van der Waals surface area contributed by atoms with Crippen molar-refractivity contribution in [2.45, 2.75) is 0 Å². The number of rotatable bonds is 5. The van der Waals surface area contributed by atoms with E-state index >= 15 is 0 Å². The summed E-state index contributed by atoms with van der Waals surface area (Å²) >= 11 is 0. The van der Waals surface area contributed by atoms with Gasteiger partial charge >= 0.3 is 0 Å². The van der Waals surface area contributed by atoms with Crippen molar-refractivity contribution in [2.75, 3.05) is 0 Å². The highest BCUT2D eigenvalue weighted by molar-refractivity contribution is 6.28. The zero-order valence-electron chi connectivity index (χ0n) is 28.9. The van der Waals surface area contributed by atoms with Crippen molar-refractivity contribution in [3.05, 3.63) is 194 Å². The fourth-order valence-electron chi connectivity index (χ4n) is 8.51. The van der Waals surface area contributed by atoms with Gasteiger partial charge in [0.05, 0.1) is 0 Å². The molecule has 0 unspecified atom stereocenters. The molecule has 0 spiro atoms. The summed E-state index contributed by atoms with van der Waals surface area (Å²) in [4.78, 5) is 0. The van der Waals surface area contributed by atoms with E-state index in [4.69, 9.17) is 4.42 Å². The van der Waals surface area contributed by atoms with E-state index in [9.17, 15) is 0 Å². The molecule has 1 heteroatoms. The van der Waals surface area contributed by atoms with Crippen LogP contribution in [-0.2, 0) is 0 Å². The minimum Gasteiger partial charge on any atom is -0.455 e. The Labute approximate surface area is 307 Å². The molecule has 0 fully saturated rings. The van der Waals surface area contributed by atoms with Gasteiger partial charge in [-0.05, 0) is 89.0 Å². The van der Waals surface area contributed by atoms with Crippen molar-refractivity contribution < 1.29 is 4.42 Å². The Bertz CT molecular complexity index is 3120. The Balaban J connectivity index is 1.14. The maximum Gasteiger partial charge on any atom is 0.143 e. The van der Waals surface area contributed by atoms with Gasteiger partial charge in [-0.2, -0.15) is 0 Å². The van der Waals surface area contributed by atoms with Crippen molar-refractivity contribution in [1.29, 1.82) is 0 Å². The lowest BCUT2D eigenvalue weighted by molar-refractivity contribution is 0.671. The molecular weight excluding hydrogens is 641 g/mol. The molecule has 53 heavy (non-hydrogen) atoms. The quantitative estimate of drug-likeness (QED) is 0.166. The predicted molar refractivity (Wildman–Crippen MR) is 225 cm³/mol. The first-order valence-electron chi connectivity index (χ1n) is 18.3. The molecule has 1 nitrogen and oxygen atoms in total. The van der Waals surface area contributed by atoms with Gasteiger partial charge in [0.1, 0.15) is 11.2 Å². The average molecular weight is 673 g/mol. The van der Waals surface area contributed by atoms with E-state index in [0.29, 0.717) is 0 Å². The van der Waals surface area contributed by atoms with Gasteiger partial charge in [0.2, 0.25) is 0 Å². The highest BCUT2D eigenvalue weighted by Gasteiger charge is 2.20. The third kappa shape index (κ3) is 4.71. The van der Waals surface area contributed by atoms with Crippen LogP contribution < -0.4 is 0 Å². The smallest absolute Gasteiger partial charge is 0.143 e. The number of hydrogen-bond donors (Lipinski definition) is 0. The number of benzene rings is 10. The molecule has 10 aromatic carbocycles. The van der Waals surface area contributed by atoms with Crippen LogP contribution in [0, 0.1) is 0 Å². The van der Waals surface area contributed by atoms with Gasteiger partial charge in [-0.15, -0.1) is 0 Å². The molecule has 0 aliphatic carbocycles. The molecule has 0 atom stereocenters. The number of fused-ring (bicyclic) bond motifs is 3. The molecule has 11 aromatic rings. The van der Waals surface area contributed by atoms with Crippen molar-refractivity contribution in [2.24, 2.45) is 0 Å². The fraction of sp³-hybridized carbons (Fsp3) is 0. The molecular formula is C52H32O. The molecule has 246 valence electrons. The summed E-state index contributed by atoms with van der Waals surface area (Å²) in [6.45, 7) is 0. The summed E-state index contributed by atoms with van der Waals surface area (Å²) in [6, 6.07) is 70.3. The van der Waals surface area contributed by atoms with Gasteiger partial charge in [-0.3, -0.25) is 0 Å². The monoisotopic (exact) mass is 672 g/mol. The fourth-order valence-corrected chi connectivity index (χ4v) is 8.51. The number of hydrogen-bond acceptors (Lipinski definition) is 1. The highest BCUT2D eigenvalue weighted by Crippen LogP contribution is 2.46. The van der Waals surface area contributed by atoms with E-state index < -0.39 is 0 Å². The molecule has 0 bridgehead atoms. The van der Waals surface area contributed by atoms with Crippen LogP contribution >= 0.6 is 0 Å². The molecule has 0 aliphatic rings. The summed E-state index contributed by atoms with van der Waals surface area (Å²) in [5, 5.41) is 9.95. The second kappa shape index (κ2) is 11.8. The van der Waals surface area contributed by atoms with Crippen LogP contribution in [0.15, 0.2) is 199 Å². The molecule has 0 N–H and O–H groups in total. The summed E-state index contributed by atoms with van der Waals surface area (Å²) in [5.74, 6) is 0. The lowest BCUT2D eigenvalue weighted by Crippen LogP contribution is -1.90. The summed E-state index contributed by atoms with van der Waals surface area (Å²) in [7, 11) is 0. The maximum absolute atomic E-state index is 6.96. The molecule has 0 aliphatic heterocycles. The van der Waals surface area contributed by atoms with Crippen LogP contribution in [0.3, 0.4) is 0 Å². The third-order valence-corrected chi connectivity index (χ3v) is 11.0. The van der Waals surface area contributed by atoms with Crippen LogP contribution in [0.2, 0.25) is 0 Å². The molecule has 0 saturated heterocycles. The van der Waals surface area contributed by atoms with Gasteiger partial charge in [-0.1, -0.05) is 182 Å². The second-order valence-corrected chi connectivity index (χ2v) is 14.0. The summed E-state index contributed by atoms with van der Waals surface area (Å²) < 4.78 is 6.96. The van der Waals surface area contributed by atoms with Gasteiger partial charge in [0.15, 0.2) is 0 Å². The van der Waals surface area contributed by atoms with E-state index in [1.807, 2.05) is 0 Å². The lowest BCUT2D eigenvalue weighted by atomic mass is 9.86. The zero-order valence-corrected chi connectivity index (χ0v) is 28.9. The first-order chi connectivity index (χ1) is 26.3. The van der Waals surface area contributed by atoms with Crippen LogP contribution in [0.1, 0.15) is 0 Å². The Kier molecular flexibility index (Phi) is 6.62. The molecule has 0 saturated carbocycles. The third-order valence-electron chi connectivity index (χ3n) is 11.0. The van der Waals surface area contributed by atoms with Crippen LogP contribution in [0.4, 0.5) is 0 Å². The summed E-state index contributed by atoms with van der Waals surface area (Å²) in [6.07, 6.45) is 0. The largest absolute Gasteiger partial charge is 0.455 e. The number of para-hydroxylation sites is 1. The van der Waals surface area contributed by atoms with Gasteiger partial charge in [0, 0.05) is 21.9 Å². The maximum atomic E-state index is 6.96. The average Bonchev–Trinajstić information content (AvgIpc) is 3.62. The van der Waals surface area contributed by atoms with E-state index in [0.717, 1.165) is 44.2 Å². The van der Waals surface area contributed by atoms with Crippen molar-refractivity contribution in [1.82, 2.24) is 0 Å². The Morgan fingerprint density at radius 3 is 1.34 bits per heavy atom. The van der Waals surface area contributed by atoms with Crippen molar-refractivity contribution in [3.8, 4) is 55.6 Å². The molecule has 1 heterocycles. The molecule has 0 amide bonds. The molecule has 0 radical (unpaired) electrons. The minimum absolute atomic E-state index is 0.910. The van der Waals surface area contributed by atoms with Gasteiger partial charge in [0.25, 0.3) is 0 Å². The van der Waals surface area contributed by atoms with E-state index in [-0.39, 0.29) is 0 Å². The summed E-state index contributed by atoms with van der Waals surface area (Å²) in [5.41, 5.74) is 13.6. The molecule has 11 rings (SSSR count). The normalized spacial score (nSPS) is 11.8. The zero-order chi connectivity index (χ0) is 34.9. The molecule has 1 aromatic heterocycles. The topological polar surface area (TPSA) is 13.1 Å². The first kappa shape index (κ1) is 29.7. The van der Waals surface area contributed by atoms with Crippen LogP contribution in [0.25, 0.3) is 110 Å². The Morgan fingerprint density at radius 2 is 0.717 bits per heavy atom. The Hall–Kier alpha value is -6.96. The van der Waals surface area contributed by atoms with Crippen molar-refractivity contribution in [3.63, 3.8) is 0 Å². The first-order valence-corrected chi connectivity index (χ1v) is 18.3. The standard InChI is InChI=1S/C52H32O/c1-4-11-33(12-5-1)34-19-21-37(22-20-34)43-17-10-18-46-48-32-40(31-47(52(48)53-51(43)46)36-15-8-3-9-16-36)42-28-24-39-25-29-44-41(35-13-6-2-7-14-35)27-23-38-26-30-45(42)50(39)49(38)44/h1-32H. The SMILES string of the molecule is c1ccc(-c2ccc(-c3cccc4c3oc3c(-c5ccccc5)cc(-c5ccc6ccc7c(-c8ccccc8)ccc8ccc5c6c87)cc34)cc2)cc1. The minimum atomic E-state index is 0.910. The van der Waals surface area contributed by atoms with Gasteiger partial charge in [-0.25, -0.2) is 0 Å².